The number of nitrogens with zero attached hydrogens (tertiary/aromatic N) is 2. The fraction of sp³-hybridized carbons (Fsp3) is 0.438. The summed E-state index contributed by atoms with van der Waals surface area (Å²) in [5.74, 6) is 0.0606. The first-order valence-electron chi connectivity index (χ1n) is 7.54. The van der Waals surface area contributed by atoms with Crippen LogP contribution < -0.4 is 0 Å². The molecule has 0 spiro atoms. The molecule has 122 valence electrons. The van der Waals surface area contributed by atoms with E-state index in [0.29, 0.717) is 26.1 Å². The van der Waals surface area contributed by atoms with E-state index in [-0.39, 0.29) is 11.9 Å². The van der Waals surface area contributed by atoms with E-state index < -0.39 is 0 Å². The van der Waals surface area contributed by atoms with E-state index in [2.05, 4.69) is 9.97 Å². The first-order chi connectivity index (χ1) is 11.0. The third-order valence-corrected chi connectivity index (χ3v) is 4.95. The van der Waals surface area contributed by atoms with Crippen LogP contribution in [0.25, 0.3) is 11.4 Å². The van der Waals surface area contributed by atoms with Gasteiger partial charge in [0.15, 0.2) is 5.78 Å². The Labute approximate surface area is 138 Å². The van der Waals surface area contributed by atoms with E-state index in [1.807, 2.05) is 19.2 Å². The van der Waals surface area contributed by atoms with Gasteiger partial charge in [0.05, 0.1) is 22.9 Å². The number of aromatic nitrogens is 2. The normalized spacial score (nSPS) is 14.4. The van der Waals surface area contributed by atoms with Gasteiger partial charge in [-0.1, -0.05) is 0 Å². The Morgan fingerprint density at radius 3 is 2.87 bits per heavy atom. The minimum Gasteiger partial charge on any atom is -0.448 e. The standard InChI is InChI=1S/C16H19N3O3S/c1-9-14(11(3)20)10(2)17-15(9)12-8-23-13(18-12)4-5-19-6-7-22-16(19)21/h8,17H,4-7H2,1-3H3. The number of hydrogen-bond acceptors (Lipinski definition) is 5. The van der Waals surface area contributed by atoms with E-state index in [0.717, 1.165) is 33.2 Å². The summed E-state index contributed by atoms with van der Waals surface area (Å²) in [6.45, 7) is 7.15. The lowest BCUT2D eigenvalue weighted by molar-refractivity contribution is 0.101. The Balaban J connectivity index is 1.76. The Morgan fingerprint density at radius 1 is 1.48 bits per heavy atom. The maximum Gasteiger partial charge on any atom is 0.409 e. The summed E-state index contributed by atoms with van der Waals surface area (Å²) in [7, 11) is 0. The van der Waals surface area contributed by atoms with Gasteiger partial charge in [0.2, 0.25) is 0 Å². The lowest BCUT2D eigenvalue weighted by Gasteiger charge is -2.10. The number of cyclic esters (lactones) is 1. The van der Waals surface area contributed by atoms with Crippen molar-refractivity contribution in [2.45, 2.75) is 27.2 Å². The predicted octanol–water partition coefficient (Wildman–Crippen LogP) is 2.95. The van der Waals surface area contributed by atoms with Gasteiger partial charge in [0, 0.05) is 29.6 Å². The predicted molar refractivity (Wildman–Crippen MR) is 88.0 cm³/mol. The zero-order chi connectivity index (χ0) is 16.6. The van der Waals surface area contributed by atoms with Crippen LogP contribution in [0.15, 0.2) is 5.38 Å². The summed E-state index contributed by atoms with van der Waals surface area (Å²) in [5, 5.41) is 2.95. The number of thiazole rings is 1. The molecule has 6 nitrogen and oxygen atoms in total. The number of ketones is 1. The molecule has 0 aromatic carbocycles. The molecule has 1 aliphatic heterocycles. The summed E-state index contributed by atoms with van der Waals surface area (Å²) >= 11 is 1.57. The highest BCUT2D eigenvalue weighted by Crippen LogP contribution is 2.29. The van der Waals surface area contributed by atoms with Gasteiger partial charge >= 0.3 is 6.09 Å². The molecule has 1 N–H and O–H groups in total. The maximum absolute atomic E-state index is 11.7. The number of ether oxygens (including phenoxy) is 1. The van der Waals surface area contributed by atoms with E-state index in [4.69, 9.17) is 4.74 Å². The highest BCUT2D eigenvalue weighted by Gasteiger charge is 2.22. The smallest absolute Gasteiger partial charge is 0.409 e. The van der Waals surface area contributed by atoms with Crippen LogP contribution in [0.1, 0.15) is 33.5 Å². The van der Waals surface area contributed by atoms with Gasteiger partial charge in [-0.05, 0) is 26.3 Å². The summed E-state index contributed by atoms with van der Waals surface area (Å²) in [6, 6.07) is 0. The fourth-order valence-electron chi connectivity index (χ4n) is 2.93. The molecule has 1 fully saturated rings. The van der Waals surface area contributed by atoms with Crippen molar-refractivity contribution in [3.63, 3.8) is 0 Å². The molecule has 0 radical (unpaired) electrons. The average Bonchev–Trinajstić information content (AvgIpc) is 3.16. The molecular weight excluding hydrogens is 314 g/mol. The molecule has 1 saturated heterocycles. The largest absolute Gasteiger partial charge is 0.448 e. The van der Waals surface area contributed by atoms with Crippen LogP contribution in [0.3, 0.4) is 0 Å². The minimum absolute atomic E-state index is 0.0606. The minimum atomic E-state index is -0.247. The summed E-state index contributed by atoms with van der Waals surface area (Å²) < 4.78 is 4.92. The SMILES string of the molecule is CC(=O)c1c(C)[nH]c(-c2csc(CCN3CCOC3=O)n2)c1C. The van der Waals surface area contributed by atoms with E-state index in [9.17, 15) is 9.59 Å². The first kappa shape index (κ1) is 15.7. The van der Waals surface area contributed by atoms with Gasteiger partial charge in [0.25, 0.3) is 0 Å². The molecule has 0 bridgehead atoms. The first-order valence-corrected chi connectivity index (χ1v) is 8.42. The molecule has 2 aromatic heterocycles. The van der Waals surface area contributed by atoms with Gasteiger partial charge in [-0.25, -0.2) is 9.78 Å². The van der Waals surface area contributed by atoms with Crippen molar-refractivity contribution in [3.05, 3.63) is 27.2 Å². The number of aryl methyl sites for hydroxylation is 1. The lowest BCUT2D eigenvalue weighted by atomic mass is 10.1. The molecular formula is C16H19N3O3S. The van der Waals surface area contributed by atoms with Crippen molar-refractivity contribution >= 4 is 23.2 Å². The van der Waals surface area contributed by atoms with Crippen LogP contribution in [-0.4, -0.2) is 46.4 Å². The monoisotopic (exact) mass is 333 g/mol. The van der Waals surface area contributed by atoms with Gasteiger partial charge in [-0.3, -0.25) is 4.79 Å². The topological polar surface area (TPSA) is 75.3 Å². The molecule has 2 aromatic rings. The molecule has 0 aliphatic carbocycles. The van der Waals surface area contributed by atoms with Crippen molar-refractivity contribution in [2.75, 3.05) is 19.7 Å². The Kier molecular flexibility index (Phi) is 4.21. The van der Waals surface area contributed by atoms with Gasteiger partial charge in [0.1, 0.15) is 6.61 Å². The van der Waals surface area contributed by atoms with E-state index in [1.165, 1.54) is 0 Å². The number of nitrogens with one attached hydrogen (secondary N) is 1. The summed E-state index contributed by atoms with van der Waals surface area (Å²) in [6.07, 6.45) is 0.460. The lowest BCUT2D eigenvalue weighted by Crippen LogP contribution is -2.26. The quantitative estimate of drug-likeness (QED) is 0.854. The second-order valence-corrected chi connectivity index (χ2v) is 6.60. The number of carbonyl (C=O) groups is 2. The molecule has 7 heteroatoms. The third kappa shape index (κ3) is 3.01. The third-order valence-electron chi connectivity index (χ3n) is 4.04. The summed E-state index contributed by atoms with van der Waals surface area (Å²) in [5.41, 5.74) is 4.31. The van der Waals surface area contributed by atoms with Crippen molar-refractivity contribution < 1.29 is 14.3 Å². The van der Waals surface area contributed by atoms with Gasteiger partial charge in [-0.2, -0.15) is 0 Å². The van der Waals surface area contributed by atoms with Gasteiger partial charge < -0.3 is 14.6 Å². The van der Waals surface area contributed by atoms with Crippen molar-refractivity contribution in [3.8, 4) is 11.4 Å². The number of rotatable bonds is 5. The molecule has 3 rings (SSSR count). The molecule has 1 aliphatic rings. The Bertz CT molecular complexity index is 763. The number of Topliss-reactive ketones (excluding diaryl/α,β-unsaturated/α-hetero) is 1. The van der Waals surface area contributed by atoms with Crippen molar-refractivity contribution in [1.29, 1.82) is 0 Å². The Hall–Kier alpha value is -2.15. The molecule has 3 heterocycles. The molecule has 0 saturated carbocycles. The number of amides is 1. The van der Waals surface area contributed by atoms with Crippen LogP contribution >= 0.6 is 11.3 Å². The molecule has 0 unspecified atom stereocenters. The van der Waals surface area contributed by atoms with Gasteiger partial charge in [-0.15, -0.1) is 11.3 Å². The highest BCUT2D eigenvalue weighted by atomic mass is 32.1. The zero-order valence-electron chi connectivity index (χ0n) is 13.4. The van der Waals surface area contributed by atoms with E-state index in [1.54, 1.807) is 23.2 Å². The molecule has 1 amide bonds. The van der Waals surface area contributed by atoms with Crippen molar-refractivity contribution in [1.82, 2.24) is 14.9 Å². The second kappa shape index (κ2) is 6.16. The maximum atomic E-state index is 11.7. The highest BCUT2D eigenvalue weighted by molar-refractivity contribution is 7.09. The number of hydrogen-bond donors (Lipinski definition) is 1. The van der Waals surface area contributed by atoms with E-state index >= 15 is 0 Å². The fourth-order valence-corrected chi connectivity index (χ4v) is 3.71. The van der Waals surface area contributed by atoms with Crippen LogP contribution in [0.2, 0.25) is 0 Å². The number of H-pyrrole nitrogens is 1. The van der Waals surface area contributed by atoms with Crippen molar-refractivity contribution in [2.24, 2.45) is 0 Å². The van der Waals surface area contributed by atoms with Crippen LogP contribution in [-0.2, 0) is 11.2 Å². The van der Waals surface area contributed by atoms with Crippen LogP contribution in [0.5, 0.6) is 0 Å². The number of aromatic amines is 1. The molecule has 23 heavy (non-hydrogen) atoms. The Morgan fingerprint density at radius 2 is 2.26 bits per heavy atom. The average molecular weight is 333 g/mol. The van der Waals surface area contributed by atoms with Crippen LogP contribution in [0, 0.1) is 13.8 Å². The second-order valence-electron chi connectivity index (χ2n) is 5.66. The zero-order valence-corrected chi connectivity index (χ0v) is 14.2. The number of carbonyl (C=O) groups excluding carboxylic acids is 2. The molecule has 0 atom stereocenters. The van der Waals surface area contributed by atoms with Crippen LogP contribution in [0.4, 0.5) is 4.79 Å². The summed E-state index contributed by atoms with van der Waals surface area (Å²) in [4.78, 5) is 32.7.